The fourth-order valence-electron chi connectivity index (χ4n) is 12.7. The molecule has 8 unspecified atom stereocenters. The number of fused-ring (bicyclic) bond motifs is 8. The van der Waals surface area contributed by atoms with Crippen LogP contribution in [0.15, 0.2) is 127 Å². The van der Waals surface area contributed by atoms with Crippen molar-refractivity contribution in [1.82, 2.24) is 9.97 Å². The summed E-state index contributed by atoms with van der Waals surface area (Å²) in [4.78, 5) is 37.3. The molecule has 4 aromatic carbocycles. The van der Waals surface area contributed by atoms with E-state index in [1.54, 1.807) is 36.4 Å². The molecule has 1 aliphatic heterocycles. The van der Waals surface area contributed by atoms with Crippen LogP contribution in [0, 0.1) is 11.8 Å². The lowest BCUT2D eigenvalue weighted by atomic mass is 9.66. The average molecular weight is 996 g/mol. The summed E-state index contributed by atoms with van der Waals surface area (Å²) in [6.07, 6.45) is 16.2. The zero-order valence-electron chi connectivity index (χ0n) is 41.4. The third-order valence-corrected chi connectivity index (χ3v) is 16.6. The van der Waals surface area contributed by atoms with Gasteiger partial charge in [0.05, 0.1) is 23.7 Å². The van der Waals surface area contributed by atoms with Crippen molar-refractivity contribution in [3.8, 4) is 17.2 Å². The number of aliphatic hydroxyl groups excluding tert-OH is 3. The smallest absolute Gasteiger partial charge is 0.163 e. The second-order valence-electron chi connectivity index (χ2n) is 21.2. The molecule has 0 radical (unpaired) electrons. The molecule has 382 valence electrons. The Morgan fingerprint density at radius 1 is 0.811 bits per heavy atom. The van der Waals surface area contributed by atoms with E-state index in [0.29, 0.717) is 47.3 Å². The summed E-state index contributed by atoms with van der Waals surface area (Å²) in [7, 11) is 0. The number of carbonyl (C=O) groups is 2. The number of ketones is 2. The van der Waals surface area contributed by atoms with Crippen molar-refractivity contribution in [2.24, 2.45) is 11.8 Å². The number of aliphatic hydroxyl groups is 4. The highest BCUT2D eigenvalue weighted by Gasteiger charge is 2.45. The molecule has 12 nitrogen and oxygen atoms in total. The molecule has 2 aromatic heterocycles. The Labute approximate surface area is 431 Å². The quantitative estimate of drug-likeness (QED) is 0.0495. The maximum absolute atomic E-state index is 15.7. The van der Waals surface area contributed by atoms with Gasteiger partial charge in [0, 0.05) is 78.0 Å². The van der Waals surface area contributed by atoms with E-state index in [9.17, 15) is 35.4 Å². The molecule has 5 aliphatic rings. The Bertz CT molecular complexity index is 3140. The monoisotopic (exact) mass is 995 g/mol. The zero-order valence-corrected chi connectivity index (χ0v) is 41.4. The van der Waals surface area contributed by atoms with Gasteiger partial charge in [0.15, 0.2) is 17.3 Å². The minimum Gasteiger partial charge on any atom is -0.507 e. The number of aryl methyl sites for hydroxylation is 2. The summed E-state index contributed by atoms with van der Waals surface area (Å²) in [6.45, 7) is -0.219. The van der Waals surface area contributed by atoms with Crippen LogP contribution in [-0.4, -0.2) is 83.1 Å². The topological polar surface area (TPSA) is 208 Å². The zero-order chi connectivity index (χ0) is 51.1. The second kappa shape index (κ2) is 20.7. The number of carbonyl (C=O) groups excluding carboxylic acids is 2. The first-order valence-electron chi connectivity index (χ1n) is 26.4. The molecule has 4 bridgehead atoms. The molecule has 74 heavy (non-hydrogen) atoms. The number of phenolic OH excluding ortho intramolecular Hbond substituents is 2. The van der Waals surface area contributed by atoms with Gasteiger partial charge in [-0.25, -0.2) is 0 Å². The predicted octanol–water partition coefficient (Wildman–Crippen LogP) is 9.62. The first-order chi connectivity index (χ1) is 35.9. The highest BCUT2D eigenvalue weighted by molar-refractivity contribution is 6.05. The number of aromatic hydroxyl groups is 2. The van der Waals surface area contributed by atoms with Crippen molar-refractivity contribution in [3.63, 3.8) is 0 Å². The standard InChI is InChI=1S/C62H65N3O9/c66-28-23-48-54(68)18-13-37-29-50(59(71)56(31-37)74-41-10-4-5-11-41)58(70)39-14-15-43-46(55(69)30-36-7-2-1-3-8-36)17-16-44(49(43)32-39)47-22-27-64-61(47)65-35-40-33-52-45(21-26-63-52)51(57(40)60(48)72)34-62(73)24-19-38-9-6-12-53(67)42(38)20-25-62/h1-3,6-9,12,14-17,20-22,25-27,29,31-33,41,44,46,48,51,55,57-58,63-67,69-71,73H,4-5,10-11,13,18-19,23-24,28,30,34-35H2. The molecule has 8 atom stereocenters. The number of allylic oxidation sites excluding steroid dienone is 1. The number of aromatic amines is 2. The summed E-state index contributed by atoms with van der Waals surface area (Å²) in [5.74, 6) is -3.24. The molecule has 3 heterocycles. The molecule has 0 spiro atoms. The molecule has 0 saturated heterocycles. The number of hydrogen-bond donors (Lipinski definition) is 9. The number of rotatable bonds is 9. The molecule has 9 N–H and O–H groups in total. The van der Waals surface area contributed by atoms with E-state index in [0.717, 1.165) is 64.8 Å². The SMILES string of the molecule is O=C1CCc2cc(OC3CCCC3)c(O)c(c2)C(O)c2ccc3c(c2)C(C=CC3C(O)Cc2ccccc2)c2cc[nH]c2NCC2=Cc3[nH]ccc3C(CC3(O)C=Cc4c(O)cccc4CC3)C2C(=O)C1CCO. The van der Waals surface area contributed by atoms with E-state index in [4.69, 9.17) is 4.74 Å². The van der Waals surface area contributed by atoms with Crippen LogP contribution in [0.2, 0.25) is 0 Å². The van der Waals surface area contributed by atoms with Crippen molar-refractivity contribution in [3.05, 3.63) is 189 Å². The number of anilines is 1. The molecule has 1 fully saturated rings. The normalized spacial score (nSPS) is 25.2. The molecule has 11 rings (SSSR count). The van der Waals surface area contributed by atoms with Crippen molar-refractivity contribution < 1.29 is 45.0 Å². The van der Waals surface area contributed by atoms with E-state index in [1.165, 1.54) is 0 Å². The summed E-state index contributed by atoms with van der Waals surface area (Å²) < 4.78 is 6.47. The lowest BCUT2D eigenvalue weighted by molar-refractivity contribution is -0.135. The minimum absolute atomic E-state index is 0.0660. The van der Waals surface area contributed by atoms with Crippen LogP contribution < -0.4 is 10.1 Å². The van der Waals surface area contributed by atoms with E-state index >= 15 is 4.79 Å². The Morgan fingerprint density at radius 2 is 1.62 bits per heavy atom. The number of aromatic nitrogens is 2. The van der Waals surface area contributed by atoms with Crippen molar-refractivity contribution >= 4 is 29.5 Å². The first-order valence-corrected chi connectivity index (χ1v) is 26.4. The maximum Gasteiger partial charge on any atom is 0.163 e. The fraction of sp³-hybridized carbons (Fsp3) is 0.355. The Balaban J connectivity index is 1.02. The van der Waals surface area contributed by atoms with Gasteiger partial charge in [-0.05, 0) is 145 Å². The number of nitrogens with one attached hydrogen (secondary N) is 3. The van der Waals surface area contributed by atoms with Crippen LogP contribution in [0.5, 0.6) is 17.2 Å². The van der Waals surface area contributed by atoms with E-state index < -0.39 is 42.2 Å². The molecule has 4 aliphatic carbocycles. The largest absolute Gasteiger partial charge is 0.507 e. The van der Waals surface area contributed by atoms with Gasteiger partial charge in [0.1, 0.15) is 23.5 Å². The Morgan fingerprint density at radius 3 is 2.45 bits per heavy atom. The second-order valence-corrected chi connectivity index (χ2v) is 21.2. The Kier molecular flexibility index (Phi) is 13.8. The van der Waals surface area contributed by atoms with Crippen LogP contribution in [0.1, 0.15) is 137 Å². The summed E-state index contributed by atoms with van der Waals surface area (Å²) in [5, 5.41) is 74.0. The molecule has 1 saturated carbocycles. The summed E-state index contributed by atoms with van der Waals surface area (Å²) in [5.41, 5.74) is 7.54. The van der Waals surface area contributed by atoms with Crippen LogP contribution in [-0.2, 0) is 28.9 Å². The number of Topliss-reactive ketones (excluding diaryl/α,β-unsaturated/α-hetero) is 2. The molecular weight excluding hydrogens is 931 g/mol. The van der Waals surface area contributed by atoms with Gasteiger partial charge in [-0.3, -0.25) is 9.59 Å². The first kappa shape index (κ1) is 49.3. The van der Waals surface area contributed by atoms with Gasteiger partial charge in [-0.2, -0.15) is 0 Å². The predicted molar refractivity (Wildman–Crippen MR) is 284 cm³/mol. The van der Waals surface area contributed by atoms with E-state index in [2.05, 4.69) is 27.4 Å². The third-order valence-electron chi connectivity index (χ3n) is 16.6. The molecular formula is C62H65N3O9. The number of H-pyrrole nitrogens is 2. The number of phenols is 2. The minimum atomic E-state index is -1.40. The van der Waals surface area contributed by atoms with Crippen LogP contribution in [0.4, 0.5) is 5.82 Å². The van der Waals surface area contributed by atoms with Gasteiger partial charge >= 0.3 is 0 Å². The summed E-state index contributed by atoms with van der Waals surface area (Å²) in [6, 6.07) is 28.4. The van der Waals surface area contributed by atoms with Crippen molar-refractivity contribution in [1.29, 1.82) is 0 Å². The van der Waals surface area contributed by atoms with Gasteiger partial charge in [-0.1, -0.05) is 85.0 Å². The van der Waals surface area contributed by atoms with Crippen LogP contribution in [0.3, 0.4) is 0 Å². The highest BCUT2D eigenvalue weighted by Crippen LogP contribution is 2.49. The fourth-order valence-corrected chi connectivity index (χ4v) is 12.7. The third kappa shape index (κ3) is 9.68. The molecule has 12 heteroatoms. The lowest BCUT2D eigenvalue weighted by Crippen LogP contribution is -2.40. The number of hydrogen-bond acceptors (Lipinski definition) is 10. The van der Waals surface area contributed by atoms with Gasteiger partial charge in [0.25, 0.3) is 0 Å². The van der Waals surface area contributed by atoms with E-state index in [-0.39, 0.29) is 84.5 Å². The Hall–Kier alpha value is -6.96. The maximum atomic E-state index is 15.7. The average Bonchev–Trinajstić information content (AvgIpc) is 4.20. The van der Waals surface area contributed by atoms with Gasteiger partial charge < -0.3 is 50.7 Å². The number of ether oxygens (including phenoxy) is 1. The molecule has 0 amide bonds. The van der Waals surface area contributed by atoms with Gasteiger partial charge in [-0.15, -0.1) is 0 Å². The van der Waals surface area contributed by atoms with Crippen LogP contribution >= 0.6 is 0 Å². The van der Waals surface area contributed by atoms with Crippen molar-refractivity contribution in [2.45, 2.75) is 112 Å². The number of benzene rings is 4. The molecule has 6 aromatic rings. The van der Waals surface area contributed by atoms with E-state index in [1.807, 2.05) is 85.2 Å². The lowest BCUT2D eigenvalue weighted by Gasteiger charge is -2.38. The van der Waals surface area contributed by atoms with Gasteiger partial charge in [0.2, 0.25) is 0 Å². The summed E-state index contributed by atoms with van der Waals surface area (Å²) >= 11 is 0. The van der Waals surface area contributed by atoms with Crippen LogP contribution in [0.25, 0.3) is 12.2 Å². The highest BCUT2D eigenvalue weighted by atomic mass is 16.5. The van der Waals surface area contributed by atoms with Crippen molar-refractivity contribution in [2.75, 3.05) is 18.5 Å².